The van der Waals surface area contributed by atoms with Gasteiger partial charge in [-0.25, -0.2) is 4.79 Å². The minimum Gasteiger partial charge on any atom is -0.462 e. The number of hydrogen-bond donors (Lipinski definition) is 1. The van der Waals surface area contributed by atoms with Crippen LogP contribution in [0, 0.1) is 0 Å². The van der Waals surface area contributed by atoms with Crippen LogP contribution in [-0.4, -0.2) is 22.1 Å². The minimum atomic E-state index is -0.328. The summed E-state index contributed by atoms with van der Waals surface area (Å²) in [4.78, 5) is 16.9. The monoisotopic (exact) mass is 359 g/mol. The summed E-state index contributed by atoms with van der Waals surface area (Å²) >= 11 is 0. The van der Waals surface area contributed by atoms with Crippen LogP contribution in [0.2, 0.25) is 0 Å². The molecule has 0 aliphatic heterocycles. The third-order valence-electron chi connectivity index (χ3n) is 4.95. The number of carbonyl (C=O) groups is 1. The van der Waals surface area contributed by atoms with Crippen LogP contribution in [0.3, 0.4) is 0 Å². The number of carbonyl (C=O) groups excluding carboxylic acids is 1. The largest absolute Gasteiger partial charge is 0.462 e. The lowest BCUT2D eigenvalue weighted by atomic mass is 9.99. The Kier molecular flexibility index (Phi) is 4.38. The highest BCUT2D eigenvalue weighted by molar-refractivity contribution is 6.07. The normalized spacial score (nSPS) is 11.2. The van der Waals surface area contributed by atoms with E-state index >= 15 is 0 Å². The molecule has 0 aliphatic rings. The molecule has 5 nitrogen and oxygen atoms in total. The first-order valence-corrected chi connectivity index (χ1v) is 8.98. The lowest BCUT2D eigenvalue weighted by Gasteiger charge is -2.07. The summed E-state index contributed by atoms with van der Waals surface area (Å²) < 4.78 is 7.23. The molecule has 0 saturated heterocycles. The van der Waals surface area contributed by atoms with Crippen molar-refractivity contribution in [1.29, 1.82) is 0 Å². The number of pyridine rings is 1. The zero-order valence-corrected chi connectivity index (χ0v) is 15.4. The third-order valence-corrected chi connectivity index (χ3v) is 4.95. The number of nitrogens with two attached hydrogens (primary N) is 1. The van der Waals surface area contributed by atoms with E-state index < -0.39 is 0 Å². The van der Waals surface area contributed by atoms with Gasteiger partial charge in [-0.1, -0.05) is 30.3 Å². The molecule has 0 fully saturated rings. The Bertz CT molecular complexity index is 1160. The number of rotatable bonds is 4. The van der Waals surface area contributed by atoms with E-state index in [1.807, 2.05) is 54.2 Å². The first-order chi connectivity index (χ1) is 13.2. The number of aromatic nitrogens is 2. The number of nitrogens with zero attached hydrogens (tertiary/aromatic N) is 2. The molecule has 0 aliphatic carbocycles. The number of hydrogen-bond acceptors (Lipinski definition) is 4. The van der Waals surface area contributed by atoms with Gasteiger partial charge in [-0.15, -0.1) is 0 Å². The van der Waals surface area contributed by atoms with Crippen LogP contribution in [-0.2, 0) is 18.3 Å². The van der Waals surface area contributed by atoms with E-state index in [2.05, 4.69) is 17.1 Å². The van der Waals surface area contributed by atoms with Crippen molar-refractivity contribution >= 4 is 27.8 Å². The molecular weight excluding hydrogens is 338 g/mol. The maximum absolute atomic E-state index is 12.5. The standard InChI is InChI=1S/C22H21N3O2/c1-3-27-22(26)21-17-9-8-14(12-19(17)25(2)20(21)13-23)15-10-11-24-18-7-5-4-6-16(15)18/h4-12H,3,13,23H2,1-2H3. The molecule has 4 rings (SSSR count). The van der Waals surface area contributed by atoms with Crippen molar-refractivity contribution in [3.05, 3.63) is 66.0 Å². The Morgan fingerprint density at radius 3 is 2.74 bits per heavy atom. The van der Waals surface area contributed by atoms with Crippen molar-refractivity contribution in [2.75, 3.05) is 6.61 Å². The Morgan fingerprint density at radius 1 is 1.15 bits per heavy atom. The Balaban J connectivity index is 1.95. The van der Waals surface area contributed by atoms with Crippen LogP contribution < -0.4 is 5.73 Å². The van der Waals surface area contributed by atoms with Gasteiger partial charge >= 0.3 is 5.97 Å². The van der Waals surface area contributed by atoms with Crippen molar-refractivity contribution < 1.29 is 9.53 Å². The number of aryl methyl sites for hydroxylation is 1. The van der Waals surface area contributed by atoms with E-state index in [1.54, 1.807) is 6.92 Å². The average molecular weight is 359 g/mol. The van der Waals surface area contributed by atoms with Gasteiger partial charge in [-0.05, 0) is 36.2 Å². The van der Waals surface area contributed by atoms with Gasteiger partial charge in [-0.2, -0.15) is 0 Å². The quantitative estimate of drug-likeness (QED) is 0.559. The molecule has 27 heavy (non-hydrogen) atoms. The number of esters is 1. The van der Waals surface area contributed by atoms with E-state index in [1.165, 1.54) is 0 Å². The highest BCUT2D eigenvalue weighted by atomic mass is 16.5. The predicted molar refractivity (Wildman–Crippen MR) is 108 cm³/mol. The second-order valence-corrected chi connectivity index (χ2v) is 6.41. The van der Waals surface area contributed by atoms with Crippen LogP contribution in [0.5, 0.6) is 0 Å². The first-order valence-electron chi connectivity index (χ1n) is 8.98. The summed E-state index contributed by atoms with van der Waals surface area (Å²) in [5.74, 6) is -0.328. The van der Waals surface area contributed by atoms with Gasteiger partial charge < -0.3 is 15.0 Å². The lowest BCUT2D eigenvalue weighted by molar-refractivity contribution is 0.0527. The van der Waals surface area contributed by atoms with E-state index in [9.17, 15) is 4.79 Å². The molecular formula is C22H21N3O2. The summed E-state index contributed by atoms with van der Waals surface area (Å²) in [7, 11) is 1.93. The maximum Gasteiger partial charge on any atom is 0.340 e. The van der Waals surface area contributed by atoms with E-state index in [4.69, 9.17) is 10.5 Å². The minimum absolute atomic E-state index is 0.271. The number of para-hydroxylation sites is 1. The first kappa shape index (κ1) is 17.2. The van der Waals surface area contributed by atoms with Crippen molar-refractivity contribution in [3.63, 3.8) is 0 Å². The fourth-order valence-corrected chi connectivity index (χ4v) is 3.67. The van der Waals surface area contributed by atoms with Gasteiger partial charge in [0.1, 0.15) is 0 Å². The molecule has 136 valence electrons. The van der Waals surface area contributed by atoms with Gasteiger partial charge in [0.05, 0.1) is 17.7 Å². The van der Waals surface area contributed by atoms with Gasteiger partial charge in [0, 0.05) is 41.8 Å². The molecule has 0 amide bonds. The molecule has 4 aromatic rings. The second-order valence-electron chi connectivity index (χ2n) is 6.41. The van der Waals surface area contributed by atoms with Crippen molar-refractivity contribution in [2.45, 2.75) is 13.5 Å². The molecule has 0 bridgehead atoms. The Morgan fingerprint density at radius 2 is 1.96 bits per heavy atom. The molecule has 2 aromatic heterocycles. The van der Waals surface area contributed by atoms with Crippen molar-refractivity contribution in [1.82, 2.24) is 9.55 Å². The zero-order chi connectivity index (χ0) is 19.0. The molecule has 2 N–H and O–H groups in total. The number of fused-ring (bicyclic) bond motifs is 2. The summed E-state index contributed by atoms with van der Waals surface area (Å²) in [6.07, 6.45) is 1.82. The SMILES string of the molecule is CCOC(=O)c1c(CN)n(C)c2cc(-c3ccnc4ccccc34)ccc12. The number of ether oxygens (including phenoxy) is 1. The van der Waals surface area contributed by atoms with Gasteiger partial charge in [0.25, 0.3) is 0 Å². The number of benzene rings is 2. The molecule has 0 atom stereocenters. The fraction of sp³-hybridized carbons (Fsp3) is 0.182. The smallest absolute Gasteiger partial charge is 0.340 e. The van der Waals surface area contributed by atoms with Gasteiger partial charge in [0.15, 0.2) is 0 Å². The van der Waals surface area contributed by atoms with Crippen molar-refractivity contribution in [2.24, 2.45) is 12.8 Å². The topological polar surface area (TPSA) is 70.1 Å². The zero-order valence-electron chi connectivity index (χ0n) is 15.4. The molecule has 2 aromatic carbocycles. The Hall–Kier alpha value is -3.18. The fourth-order valence-electron chi connectivity index (χ4n) is 3.67. The van der Waals surface area contributed by atoms with Crippen LogP contribution in [0.1, 0.15) is 23.0 Å². The van der Waals surface area contributed by atoms with Crippen LogP contribution >= 0.6 is 0 Å². The van der Waals surface area contributed by atoms with Crippen molar-refractivity contribution in [3.8, 4) is 11.1 Å². The van der Waals surface area contributed by atoms with Crippen LogP contribution in [0.25, 0.3) is 32.9 Å². The second kappa shape index (κ2) is 6.85. The predicted octanol–water partition coefficient (Wildman–Crippen LogP) is 4.03. The maximum atomic E-state index is 12.5. The summed E-state index contributed by atoms with van der Waals surface area (Å²) in [5, 5.41) is 1.96. The molecule has 0 saturated carbocycles. The van der Waals surface area contributed by atoms with E-state index in [0.29, 0.717) is 12.2 Å². The molecule has 2 heterocycles. The van der Waals surface area contributed by atoms with E-state index in [0.717, 1.165) is 38.6 Å². The average Bonchev–Trinajstić information content (AvgIpc) is 2.99. The molecule has 0 radical (unpaired) electrons. The van der Waals surface area contributed by atoms with E-state index in [-0.39, 0.29) is 12.5 Å². The third kappa shape index (κ3) is 2.76. The van der Waals surface area contributed by atoms with Crippen LogP contribution in [0.4, 0.5) is 0 Å². The molecule has 0 spiro atoms. The Labute approximate surface area is 157 Å². The summed E-state index contributed by atoms with van der Waals surface area (Å²) in [6.45, 7) is 2.41. The molecule has 5 heteroatoms. The summed E-state index contributed by atoms with van der Waals surface area (Å²) in [5.41, 5.74) is 11.4. The molecule has 0 unspecified atom stereocenters. The summed E-state index contributed by atoms with van der Waals surface area (Å²) in [6, 6.07) is 16.2. The highest BCUT2D eigenvalue weighted by Crippen LogP contribution is 2.33. The van der Waals surface area contributed by atoms with Crippen LogP contribution in [0.15, 0.2) is 54.7 Å². The van der Waals surface area contributed by atoms with Gasteiger partial charge in [-0.3, -0.25) is 4.98 Å². The lowest BCUT2D eigenvalue weighted by Crippen LogP contribution is -2.12. The highest BCUT2D eigenvalue weighted by Gasteiger charge is 2.21. The van der Waals surface area contributed by atoms with Gasteiger partial charge in [0.2, 0.25) is 0 Å².